The van der Waals surface area contributed by atoms with Crippen LogP contribution in [0.2, 0.25) is 0 Å². The summed E-state index contributed by atoms with van der Waals surface area (Å²) in [5.41, 5.74) is 3.29. The second-order valence-corrected chi connectivity index (χ2v) is 7.07. The molecular formula is C21H13F2N3O2S. The van der Waals surface area contributed by atoms with E-state index in [1.807, 2.05) is 0 Å². The van der Waals surface area contributed by atoms with Crippen molar-refractivity contribution >= 4 is 44.7 Å². The number of fused-ring (bicyclic) bond motifs is 1. The molecule has 2 amide bonds. The Bertz CT molecular complexity index is 1240. The molecule has 4 aromatic rings. The molecule has 1 aromatic heterocycles. The molecule has 2 N–H and O–H groups in total. The highest BCUT2D eigenvalue weighted by molar-refractivity contribution is 7.16. The van der Waals surface area contributed by atoms with Crippen molar-refractivity contribution in [1.82, 2.24) is 4.98 Å². The quantitative estimate of drug-likeness (QED) is 0.440. The van der Waals surface area contributed by atoms with E-state index in [1.165, 1.54) is 35.6 Å². The highest BCUT2D eigenvalue weighted by atomic mass is 32.1. The van der Waals surface area contributed by atoms with Crippen molar-refractivity contribution in [3.8, 4) is 0 Å². The van der Waals surface area contributed by atoms with Crippen molar-refractivity contribution in [2.45, 2.75) is 0 Å². The summed E-state index contributed by atoms with van der Waals surface area (Å²) in [6, 6.07) is 13.3. The molecule has 4 rings (SSSR count). The van der Waals surface area contributed by atoms with E-state index in [9.17, 15) is 18.4 Å². The molecule has 0 spiro atoms. The maximum absolute atomic E-state index is 14.1. The minimum absolute atomic E-state index is 0.0925. The number of carbonyl (C=O) groups is 2. The van der Waals surface area contributed by atoms with Crippen LogP contribution in [0.3, 0.4) is 0 Å². The summed E-state index contributed by atoms with van der Waals surface area (Å²) >= 11 is 1.40. The maximum atomic E-state index is 14.1. The fraction of sp³-hybridized carbons (Fsp3) is 0. The highest BCUT2D eigenvalue weighted by Gasteiger charge is 2.14. The van der Waals surface area contributed by atoms with E-state index in [2.05, 4.69) is 15.6 Å². The number of ketones is 1. The molecule has 0 saturated carbocycles. The zero-order valence-electron chi connectivity index (χ0n) is 14.8. The van der Waals surface area contributed by atoms with Gasteiger partial charge in [0.2, 0.25) is 0 Å². The lowest BCUT2D eigenvalue weighted by atomic mass is 10.0. The first kappa shape index (κ1) is 18.7. The summed E-state index contributed by atoms with van der Waals surface area (Å²) < 4.78 is 28.1. The van der Waals surface area contributed by atoms with Gasteiger partial charge in [-0.05, 0) is 54.6 Å². The predicted molar refractivity (Wildman–Crippen MR) is 108 cm³/mol. The molecule has 0 fully saturated rings. The van der Waals surface area contributed by atoms with Gasteiger partial charge in [0.05, 0.1) is 15.7 Å². The number of carbonyl (C=O) groups excluding carboxylic acids is 2. The van der Waals surface area contributed by atoms with Gasteiger partial charge in [0.15, 0.2) is 5.78 Å². The van der Waals surface area contributed by atoms with E-state index in [4.69, 9.17) is 0 Å². The standard InChI is InChI=1S/C21H13F2N3O2S/c22-14-2-1-3-16(9-14)25-21(28)26-17-7-13(6-15(23)10-17)20(27)12-4-5-18-19(8-12)29-11-24-18/h1-11H,(H2,25,26,28). The normalized spacial score (nSPS) is 10.7. The molecule has 0 aliphatic carbocycles. The third-order valence-electron chi connectivity index (χ3n) is 4.09. The Kier molecular flexibility index (Phi) is 5.01. The fourth-order valence-corrected chi connectivity index (χ4v) is 3.53. The number of amides is 2. The first-order valence-corrected chi connectivity index (χ1v) is 9.38. The molecule has 0 unspecified atom stereocenters. The summed E-state index contributed by atoms with van der Waals surface area (Å²) in [5, 5.41) is 4.90. The first-order chi connectivity index (χ1) is 14.0. The molecule has 0 saturated heterocycles. The van der Waals surface area contributed by atoms with E-state index in [-0.39, 0.29) is 22.7 Å². The second-order valence-electron chi connectivity index (χ2n) is 6.18. The smallest absolute Gasteiger partial charge is 0.308 e. The first-order valence-electron chi connectivity index (χ1n) is 8.50. The number of aromatic nitrogens is 1. The second kappa shape index (κ2) is 7.76. The number of benzene rings is 3. The third kappa shape index (κ3) is 4.27. The lowest BCUT2D eigenvalue weighted by molar-refractivity contribution is 0.103. The third-order valence-corrected chi connectivity index (χ3v) is 4.89. The van der Waals surface area contributed by atoms with E-state index in [0.29, 0.717) is 5.56 Å². The number of rotatable bonds is 4. The van der Waals surface area contributed by atoms with Crippen molar-refractivity contribution in [2.75, 3.05) is 10.6 Å². The van der Waals surface area contributed by atoms with Crippen molar-refractivity contribution in [3.63, 3.8) is 0 Å². The van der Waals surface area contributed by atoms with E-state index >= 15 is 0 Å². The topological polar surface area (TPSA) is 71.1 Å². The van der Waals surface area contributed by atoms with Gasteiger partial charge in [-0.1, -0.05) is 6.07 Å². The minimum Gasteiger partial charge on any atom is -0.308 e. The Morgan fingerprint density at radius 2 is 1.62 bits per heavy atom. The number of nitrogens with one attached hydrogen (secondary N) is 2. The van der Waals surface area contributed by atoms with Gasteiger partial charge in [0.25, 0.3) is 0 Å². The van der Waals surface area contributed by atoms with Crippen LogP contribution in [-0.4, -0.2) is 16.8 Å². The fourth-order valence-electron chi connectivity index (χ4n) is 2.82. The highest BCUT2D eigenvalue weighted by Crippen LogP contribution is 2.23. The molecule has 5 nitrogen and oxygen atoms in total. The van der Waals surface area contributed by atoms with E-state index in [1.54, 1.807) is 23.7 Å². The molecule has 8 heteroatoms. The molecular weight excluding hydrogens is 396 g/mol. The molecule has 29 heavy (non-hydrogen) atoms. The van der Waals surface area contributed by atoms with Gasteiger partial charge in [-0.2, -0.15) is 0 Å². The summed E-state index contributed by atoms with van der Waals surface area (Å²) in [6.45, 7) is 0. The van der Waals surface area contributed by atoms with Crippen LogP contribution in [-0.2, 0) is 0 Å². The average Bonchev–Trinajstić information content (AvgIpc) is 3.14. The van der Waals surface area contributed by atoms with Crippen molar-refractivity contribution in [1.29, 1.82) is 0 Å². The Morgan fingerprint density at radius 1 is 0.828 bits per heavy atom. The number of nitrogens with zero attached hydrogens (tertiary/aromatic N) is 1. The van der Waals surface area contributed by atoms with Gasteiger partial charge in [0.1, 0.15) is 11.6 Å². The van der Waals surface area contributed by atoms with Crippen LogP contribution in [0.5, 0.6) is 0 Å². The van der Waals surface area contributed by atoms with Crippen molar-refractivity contribution in [3.05, 3.63) is 88.9 Å². The van der Waals surface area contributed by atoms with Gasteiger partial charge in [-0.3, -0.25) is 4.79 Å². The molecule has 144 valence electrons. The lowest BCUT2D eigenvalue weighted by Crippen LogP contribution is -2.20. The van der Waals surface area contributed by atoms with Gasteiger partial charge >= 0.3 is 6.03 Å². The van der Waals surface area contributed by atoms with Crippen LogP contribution in [0.4, 0.5) is 25.0 Å². The van der Waals surface area contributed by atoms with Crippen LogP contribution < -0.4 is 10.6 Å². The summed E-state index contributed by atoms with van der Waals surface area (Å²) in [4.78, 5) is 29.1. The SMILES string of the molecule is O=C(Nc1cccc(F)c1)Nc1cc(F)cc(C(=O)c2ccc3ncsc3c2)c1. The van der Waals surface area contributed by atoms with Gasteiger partial charge in [-0.15, -0.1) is 11.3 Å². The number of halogens is 2. The van der Waals surface area contributed by atoms with Crippen molar-refractivity contribution in [2.24, 2.45) is 0 Å². The van der Waals surface area contributed by atoms with Crippen LogP contribution in [0.15, 0.2) is 66.2 Å². The largest absolute Gasteiger partial charge is 0.323 e. The monoisotopic (exact) mass is 409 g/mol. The summed E-state index contributed by atoms with van der Waals surface area (Å²) in [5.74, 6) is -1.55. The summed E-state index contributed by atoms with van der Waals surface area (Å²) in [7, 11) is 0. The number of hydrogen-bond donors (Lipinski definition) is 2. The summed E-state index contributed by atoms with van der Waals surface area (Å²) in [6.07, 6.45) is 0. The predicted octanol–water partition coefficient (Wildman–Crippen LogP) is 5.45. The average molecular weight is 409 g/mol. The van der Waals surface area contributed by atoms with Crippen LogP contribution >= 0.6 is 11.3 Å². The zero-order valence-corrected chi connectivity index (χ0v) is 15.6. The molecule has 1 heterocycles. The number of hydrogen-bond acceptors (Lipinski definition) is 4. The Hall–Kier alpha value is -3.65. The Morgan fingerprint density at radius 3 is 2.45 bits per heavy atom. The van der Waals surface area contributed by atoms with Crippen molar-refractivity contribution < 1.29 is 18.4 Å². The van der Waals surface area contributed by atoms with Crippen LogP contribution in [0.25, 0.3) is 10.2 Å². The van der Waals surface area contributed by atoms with Crippen LogP contribution in [0.1, 0.15) is 15.9 Å². The maximum Gasteiger partial charge on any atom is 0.323 e. The van der Waals surface area contributed by atoms with Gasteiger partial charge in [-0.25, -0.2) is 18.6 Å². The van der Waals surface area contributed by atoms with E-state index < -0.39 is 17.7 Å². The minimum atomic E-state index is -0.689. The molecule has 0 radical (unpaired) electrons. The Balaban J connectivity index is 1.55. The zero-order chi connectivity index (χ0) is 20.4. The molecule has 0 aliphatic heterocycles. The molecule has 0 atom stereocenters. The molecule has 0 aliphatic rings. The molecule has 0 bridgehead atoms. The molecule has 3 aromatic carbocycles. The van der Waals surface area contributed by atoms with Crippen LogP contribution in [0, 0.1) is 11.6 Å². The number of urea groups is 1. The van der Waals surface area contributed by atoms with E-state index in [0.717, 1.165) is 28.4 Å². The lowest BCUT2D eigenvalue weighted by Gasteiger charge is -2.10. The van der Waals surface area contributed by atoms with Gasteiger partial charge in [0, 0.05) is 22.5 Å². The number of thiazole rings is 1. The van der Waals surface area contributed by atoms with Gasteiger partial charge < -0.3 is 10.6 Å². The number of anilines is 2. The Labute approximate surface area is 168 Å².